The fourth-order valence-corrected chi connectivity index (χ4v) is 4.37. The van der Waals surface area contributed by atoms with E-state index in [2.05, 4.69) is 15.3 Å². The standard InChI is InChI=1S/C25H26F3N5O3/c1-14(19-12-20-22(13-21(19)25(26,27)28)30-15(2)31-23(20)35)29-18-6-4-17(5-7-18)24(36)33-10-8-32(9-11-33)16(3)34/h4-7,12-14,29H,8-11H2,1-3H3,(H,30,31,35)/t14-/m0/s1. The minimum absolute atomic E-state index is 0.0217. The molecule has 0 unspecified atom stereocenters. The van der Waals surface area contributed by atoms with E-state index in [1.54, 1.807) is 41.0 Å². The molecule has 8 nitrogen and oxygen atoms in total. The van der Waals surface area contributed by atoms with Gasteiger partial charge in [0.05, 0.1) is 16.5 Å². The number of hydrogen-bond acceptors (Lipinski definition) is 5. The zero-order chi connectivity index (χ0) is 26.2. The lowest BCUT2D eigenvalue weighted by atomic mass is 9.98. The first-order valence-corrected chi connectivity index (χ1v) is 11.5. The second-order valence-corrected chi connectivity index (χ2v) is 8.85. The minimum Gasteiger partial charge on any atom is -0.379 e. The van der Waals surface area contributed by atoms with E-state index in [4.69, 9.17) is 0 Å². The van der Waals surface area contributed by atoms with Gasteiger partial charge in [-0.3, -0.25) is 14.4 Å². The van der Waals surface area contributed by atoms with Crippen molar-refractivity contribution in [2.75, 3.05) is 31.5 Å². The summed E-state index contributed by atoms with van der Waals surface area (Å²) in [6, 6.07) is 7.80. The first-order chi connectivity index (χ1) is 16.9. The number of hydrogen-bond donors (Lipinski definition) is 2. The number of aromatic nitrogens is 2. The Labute approximate surface area is 205 Å². The SMILES string of the molecule is CC(=O)N1CCN(C(=O)c2ccc(N[C@@H](C)c3cc4c(=O)[nH]c(C)nc4cc3C(F)(F)F)cc2)CC1. The van der Waals surface area contributed by atoms with E-state index >= 15 is 0 Å². The third-order valence-corrected chi connectivity index (χ3v) is 6.29. The van der Waals surface area contributed by atoms with Gasteiger partial charge in [-0.25, -0.2) is 4.98 Å². The number of benzene rings is 2. The lowest BCUT2D eigenvalue weighted by Gasteiger charge is -2.34. The molecular weight excluding hydrogens is 475 g/mol. The Morgan fingerprint density at radius 3 is 2.25 bits per heavy atom. The van der Waals surface area contributed by atoms with E-state index < -0.39 is 23.3 Å². The summed E-state index contributed by atoms with van der Waals surface area (Å²) in [6.45, 7) is 6.39. The Morgan fingerprint density at radius 1 is 1.06 bits per heavy atom. The van der Waals surface area contributed by atoms with Crippen LogP contribution in [0.5, 0.6) is 0 Å². The van der Waals surface area contributed by atoms with Crippen LogP contribution in [0.1, 0.15) is 47.2 Å². The third-order valence-electron chi connectivity index (χ3n) is 6.29. The average molecular weight is 502 g/mol. The number of halogens is 3. The van der Waals surface area contributed by atoms with Crippen molar-refractivity contribution >= 4 is 28.4 Å². The van der Waals surface area contributed by atoms with Gasteiger partial charge in [0.25, 0.3) is 11.5 Å². The van der Waals surface area contributed by atoms with Crippen LogP contribution in [0.2, 0.25) is 0 Å². The van der Waals surface area contributed by atoms with Crippen molar-refractivity contribution < 1.29 is 22.8 Å². The molecule has 190 valence electrons. The first kappa shape index (κ1) is 25.2. The number of fused-ring (bicyclic) bond motifs is 1. The van der Waals surface area contributed by atoms with E-state index in [0.29, 0.717) is 37.4 Å². The first-order valence-electron chi connectivity index (χ1n) is 11.5. The minimum atomic E-state index is -4.64. The number of nitrogens with one attached hydrogen (secondary N) is 2. The highest BCUT2D eigenvalue weighted by atomic mass is 19.4. The van der Waals surface area contributed by atoms with Crippen LogP contribution >= 0.6 is 0 Å². The van der Waals surface area contributed by atoms with E-state index in [1.165, 1.54) is 19.9 Å². The van der Waals surface area contributed by atoms with E-state index in [1.807, 2.05) is 0 Å². The van der Waals surface area contributed by atoms with E-state index in [0.717, 1.165) is 6.07 Å². The Morgan fingerprint density at radius 2 is 1.67 bits per heavy atom. The molecule has 1 aliphatic heterocycles. The van der Waals surface area contributed by atoms with Crippen molar-refractivity contribution in [1.29, 1.82) is 0 Å². The van der Waals surface area contributed by atoms with Gasteiger partial charge in [-0.15, -0.1) is 0 Å². The summed E-state index contributed by atoms with van der Waals surface area (Å²) in [4.78, 5) is 46.5. The van der Waals surface area contributed by atoms with Gasteiger partial charge in [-0.05, 0) is 55.8 Å². The van der Waals surface area contributed by atoms with Crippen molar-refractivity contribution in [2.45, 2.75) is 33.0 Å². The summed E-state index contributed by atoms with van der Waals surface area (Å²) in [6.07, 6.45) is -4.64. The average Bonchev–Trinajstić information content (AvgIpc) is 2.82. The predicted octanol–water partition coefficient (Wildman–Crippen LogP) is 3.73. The lowest BCUT2D eigenvalue weighted by molar-refractivity contribution is -0.138. The molecule has 1 atom stereocenters. The molecule has 0 bridgehead atoms. The Kier molecular flexibility index (Phi) is 6.75. The van der Waals surface area contributed by atoms with Gasteiger partial charge in [-0.2, -0.15) is 13.2 Å². The van der Waals surface area contributed by atoms with Crippen LogP contribution in [-0.2, 0) is 11.0 Å². The van der Waals surface area contributed by atoms with Crippen molar-refractivity contribution in [2.24, 2.45) is 0 Å². The highest BCUT2D eigenvalue weighted by Crippen LogP contribution is 2.37. The fraction of sp³-hybridized carbons (Fsp3) is 0.360. The van der Waals surface area contributed by atoms with Crippen LogP contribution in [0.4, 0.5) is 18.9 Å². The van der Waals surface area contributed by atoms with E-state index in [9.17, 15) is 27.6 Å². The molecule has 1 aliphatic rings. The number of alkyl halides is 3. The molecule has 0 saturated carbocycles. The number of carbonyl (C=O) groups excluding carboxylic acids is 2. The van der Waals surface area contributed by atoms with Gasteiger partial charge in [0.2, 0.25) is 5.91 Å². The van der Waals surface area contributed by atoms with Crippen LogP contribution in [-0.4, -0.2) is 57.8 Å². The van der Waals surface area contributed by atoms with Crippen molar-refractivity contribution in [3.05, 3.63) is 69.3 Å². The molecule has 0 aliphatic carbocycles. The number of aryl methyl sites for hydroxylation is 1. The second kappa shape index (κ2) is 9.63. The van der Waals surface area contributed by atoms with Gasteiger partial charge in [0.15, 0.2) is 0 Å². The van der Waals surface area contributed by atoms with Gasteiger partial charge in [0, 0.05) is 50.4 Å². The lowest BCUT2D eigenvalue weighted by Crippen LogP contribution is -2.50. The van der Waals surface area contributed by atoms with Crippen LogP contribution in [0.3, 0.4) is 0 Å². The maximum absolute atomic E-state index is 13.9. The number of piperazine rings is 1. The summed E-state index contributed by atoms with van der Waals surface area (Å²) >= 11 is 0. The van der Waals surface area contributed by atoms with Gasteiger partial charge >= 0.3 is 6.18 Å². The molecule has 4 rings (SSSR count). The summed E-state index contributed by atoms with van der Waals surface area (Å²) < 4.78 is 41.6. The maximum Gasteiger partial charge on any atom is 0.416 e. The number of rotatable bonds is 4. The molecule has 3 aromatic rings. The molecule has 11 heteroatoms. The molecule has 2 amide bonds. The molecule has 2 heterocycles. The summed E-state index contributed by atoms with van der Waals surface area (Å²) in [5.41, 5.74) is -0.527. The third kappa shape index (κ3) is 5.19. The second-order valence-electron chi connectivity index (χ2n) is 8.85. The summed E-state index contributed by atoms with van der Waals surface area (Å²) in [5.74, 6) is 0.0337. The molecule has 0 spiro atoms. The smallest absolute Gasteiger partial charge is 0.379 e. The molecule has 0 radical (unpaired) electrons. The van der Waals surface area contributed by atoms with E-state index in [-0.39, 0.29) is 34.1 Å². The quantitative estimate of drug-likeness (QED) is 0.568. The molecule has 1 saturated heterocycles. The largest absolute Gasteiger partial charge is 0.416 e. The molecule has 2 N–H and O–H groups in total. The Hall–Kier alpha value is -3.89. The monoisotopic (exact) mass is 501 g/mol. The van der Waals surface area contributed by atoms with Crippen molar-refractivity contribution in [3.8, 4) is 0 Å². The highest BCUT2D eigenvalue weighted by Gasteiger charge is 2.35. The number of carbonyl (C=O) groups is 2. The summed E-state index contributed by atoms with van der Waals surface area (Å²) in [7, 11) is 0. The molecular formula is C25H26F3N5O3. The predicted molar refractivity (Wildman–Crippen MR) is 129 cm³/mol. The number of aromatic amines is 1. The van der Waals surface area contributed by atoms with Crippen molar-refractivity contribution in [1.82, 2.24) is 19.8 Å². The molecule has 1 aromatic heterocycles. The maximum atomic E-state index is 13.9. The number of amides is 2. The topological polar surface area (TPSA) is 98.4 Å². The number of nitrogens with zero attached hydrogens (tertiary/aromatic N) is 3. The number of H-pyrrole nitrogens is 1. The zero-order valence-electron chi connectivity index (χ0n) is 20.1. The molecule has 1 fully saturated rings. The number of anilines is 1. The molecule has 2 aromatic carbocycles. The zero-order valence-corrected chi connectivity index (χ0v) is 20.1. The van der Waals surface area contributed by atoms with Gasteiger partial charge in [0.1, 0.15) is 5.82 Å². The van der Waals surface area contributed by atoms with Crippen LogP contribution in [0.15, 0.2) is 41.2 Å². The fourth-order valence-electron chi connectivity index (χ4n) is 4.37. The highest BCUT2D eigenvalue weighted by molar-refractivity contribution is 5.94. The van der Waals surface area contributed by atoms with Crippen molar-refractivity contribution in [3.63, 3.8) is 0 Å². The summed E-state index contributed by atoms with van der Waals surface area (Å²) in [5, 5.41) is 3.10. The van der Waals surface area contributed by atoms with Crippen LogP contribution in [0.25, 0.3) is 10.9 Å². The Balaban J connectivity index is 1.54. The van der Waals surface area contributed by atoms with Gasteiger partial charge in [-0.1, -0.05) is 0 Å². The van der Waals surface area contributed by atoms with Gasteiger partial charge < -0.3 is 20.1 Å². The van der Waals surface area contributed by atoms with Crippen LogP contribution in [0, 0.1) is 6.92 Å². The van der Waals surface area contributed by atoms with Crippen LogP contribution < -0.4 is 10.9 Å². The normalized spacial score (nSPS) is 15.2. The Bertz CT molecular complexity index is 1360. The molecule has 36 heavy (non-hydrogen) atoms.